The molecule has 0 unspecified atom stereocenters. The Balaban J connectivity index is 2.60. The van der Waals surface area contributed by atoms with E-state index in [1.807, 2.05) is 13.0 Å². The van der Waals surface area contributed by atoms with Crippen molar-refractivity contribution in [2.75, 3.05) is 0 Å². The third-order valence-electron chi connectivity index (χ3n) is 2.66. The Kier molecular flexibility index (Phi) is 2.64. The molecule has 16 heavy (non-hydrogen) atoms. The molecule has 84 valence electrons. The SMILES string of the molecule is CCCn1c(C)cc2cc(C(=O)O)ncc21. The molecule has 0 aliphatic heterocycles. The molecule has 0 fully saturated rings. The number of pyridine rings is 1. The summed E-state index contributed by atoms with van der Waals surface area (Å²) in [5, 5.41) is 9.80. The molecule has 0 spiro atoms. The van der Waals surface area contributed by atoms with Crippen LogP contribution in [0.2, 0.25) is 0 Å². The third-order valence-corrected chi connectivity index (χ3v) is 2.66. The van der Waals surface area contributed by atoms with E-state index in [4.69, 9.17) is 5.11 Å². The van der Waals surface area contributed by atoms with Gasteiger partial charge in [0.1, 0.15) is 5.69 Å². The number of hydrogen-bond acceptors (Lipinski definition) is 2. The number of rotatable bonds is 3. The first-order valence-corrected chi connectivity index (χ1v) is 5.32. The quantitative estimate of drug-likeness (QED) is 0.860. The predicted octanol–water partition coefficient (Wildman–Crippen LogP) is 2.45. The number of carboxylic acids is 1. The normalized spacial score (nSPS) is 10.9. The molecule has 0 radical (unpaired) electrons. The van der Waals surface area contributed by atoms with E-state index < -0.39 is 5.97 Å². The predicted molar refractivity (Wildman–Crippen MR) is 61.7 cm³/mol. The molecule has 4 nitrogen and oxygen atoms in total. The van der Waals surface area contributed by atoms with Crippen LogP contribution >= 0.6 is 0 Å². The van der Waals surface area contributed by atoms with E-state index in [9.17, 15) is 4.79 Å². The van der Waals surface area contributed by atoms with Crippen LogP contribution in [0.3, 0.4) is 0 Å². The fourth-order valence-electron chi connectivity index (χ4n) is 1.94. The first kappa shape index (κ1) is 10.7. The molecular weight excluding hydrogens is 204 g/mol. The molecule has 0 aliphatic carbocycles. The summed E-state index contributed by atoms with van der Waals surface area (Å²) in [5.74, 6) is -0.984. The summed E-state index contributed by atoms with van der Waals surface area (Å²) in [6.07, 6.45) is 2.69. The Hall–Kier alpha value is -1.84. The summed E-state index contributed by atoms with van der Waals surface area (Å²) in [6, 6.07) is 3.62. The molecule has 0 bridgehead atoms. The first-order chi connectivity index (χ1) is 7.63. The number of nitrogens with zero attached hydrogens (tertiary/aromatic N) is 2. The lowest BCUT2D eigenvalue weighted by Gasteiger charge is -2.05. The number of aromatic carboxylic acids is 1. The van der Waals surface area contributed by atoms with Crippen LogP contribution in [0.1, 0.15) is 29.5 Å². The van der Waals surface area contributed by atoms with Gasteiger partial charge in [-0.2, -0.15) is 0 Å². The molecule has 1 N–H and O–H groups in total. The van der Waals surface area contributed by atoms with Crippen LogP contribution in [-0.4, -0.2) is 20.6 Å². The highest BCUT2D eigenvalue weighted by Gasteiger charge is 2.09. The van der Waals surface area contributed by atoms with Crippen molar-refractivity contribution in [3.63, 3.8) is 0 Å². The monoisotopic (exact) mass is 218 g/mol. The second kappa shape index (κ2) is 3.96. The van der Waals surface area contributed by atoms with Gasteiger partial charge in [0.05, 0.1) is 11.7 Å². The van der Waals surface area contributed by atoms with Gasteiger partial charge in [-0.25, -0.2) is 9.78 Å². The Labute approximate surface area is 93.5 Å². The van der Waals surface area contributed by atoms with Gasteiger partial charge < -0.3 is 9.67 Å². The van der Waals surface area contributed by atoms with Gasteiger partial charge in [0.15, 0.2) is 0 Å². The van der Waals surface area contributed by atoms with E-state index in [1.165, 1.54) is 0 Å². The summed E-state index contributed by atoms with van der Waals surface area (Å²) < 4.78 is 2.16. The van der Waals surface area contributed by atoms with Gasteiger partial charge >= 0.3 is 5.97 Å². The zero-order valence-electron chi connectivity index (χ0n) is 9.40. The lowest BCUT2D eigenvalue weighted by atomic mass is 10.2. The maximum Gasteiger partial charge on any atom is 0.354 e. The zero-order chi connectivity index (χ0) is 11.7. The minimum atomic E-state index is -0.984. The van der Waals surface area contributed by atoms with Crippen molar-refractivity contribution < 1.29 is 9.90 Å². The molecule has 0 saturated carbocycles. The van der Waals surface area contributed by atoms with Crippen LogP contribution in [0.4, 0.5) is 0 Å². The van der Waals surface area contributed by atoms with Crippen LogP contribution in [-0.2, 0) is 6.54 Å². The Bertz CT molecular complexity index is 543. The zero-order valence-corrected chi connectivity index (χ0v) is 9.40. The van der Waals surface area contributed by atoms with Gasteiger partial charge in [0, 0.05) is 17.6 Å². The van der Waals surface area contributed by atoms with Crippen molar-refractivity contribution in [2.24, 2.45) is 0 Å². The number of carboxylic acid groups (broad SMARTS) is 1. The molecule has 0 atom stereocenters. The lowest BCUT2D eigenvalue weighted by Crippen LogP contribution is -2.01. The van der Waals surface area contributed by atoms with Gasteiger partial charge in [-0.1, -0.05) is 6.92 Å². The molecule has 0 aliphatic rings. The largest absolute Gasteiger partial charge is 0.477 e. The van der Waals surface area contributed by atoms with E-state index in [0.717, 1.165) is 29.6 Å². The Morgan fingerprint density at radius 2 is 2.25 bits per heavy atom. The van der Waals surface area contributed by atoms with Crippen molar-refractivity contribution in [1.29, 1.82) is 0 Å². The number of aromatic nitrogens is 2. The van der Waals surface area contributed by atoms with E-state index in [0.29, 0.717) is 0 Å². The average molecular weight is 218 g/mol. The minimum Gasteiger partial charge on any atom is -0.477 e. The number of hydrogen-bond donors (Lipinski definition) is 1. The molecule has 0 amide bonds. The highest BCUT2D eigenvalue weighted by Crippen LogP contribution is 2.20. The van der Waals surface area contributed by atoms with E-state index >= 15 is 0 Å². The van der Waals surface area contributed by atoms with Gasteiger partial charge in [-0.15, -0.1) is 0 Å². The van der Waals surface area contributed by atoms with E-state index in [-0.39, 0.29) is 5.69 Å². The Morgan fingerprint density at radius 1 is 1.50 bits per heavy atom. The van der Waals surface area contributed by atoms with Crippen LogP contribution in [0.25, 0.3) is 10.9 Å². The van der Waals surface area contributed by atoms with Crippen LogP contribution < -0.4 is 0 Å². The number of fused-ring (bicyclic) bond motifs is 1. The molecular formula is C12H14N2O2. The van der Waals surface area contributed by atoms with Crippen LogP contribution in [0.15, 0.2) is 18.3 Å². The fourth-order valence-corrected chi connectivity index (χ4v) is 1.94. The van der Waals surface area contributed by atoms with Gasteiger partial charge in [-0.3, -0.25) is 0 Å². The fraction of sp³-hybridized carbons (Fsp3) is 0.333. The first-order valence-electron chi connectivity index (χ1n) is 5.32. The molecule has 4 heteroatoms. The van der Waals surface area contributed by atoms with Crippen LogP contribution in [0, 0.1) is 6.92 Å². The summed E-state index contributed by atoms with van der Waals surface area (Å²) in [5.41, 5.74) is 2.24. The summed E-state index contributed by atoms with van der Waals surface area (Å²) >= 11 is 0. The highest BCUT2D eigenvalue weighted by atomic mass is 16.4. The van der Waals surface area contributed by atoms with E-state index in [1.54, 1.807) is 12.3 Å². The Morgan fingerprint density at radius 3 is 2.88 bits per heavy atom. The van der Waals surface area contributed by atoms with Gasteiger partial charge in [-0.05, 0) is 25.5 Å². The maximum atomic E-state index is 10.8. The molecule has 2 heterocycles. The molecule has 2 aromatic heterocycles. The number of aryl methyl sites for hydroxylation is 2. The topological polar surface area (TPSA) is 55.1 Å². The average Bonchev–Trinajstić information content (AvgIpc) is 2.55. The van der Waals surface area contributed by atoms with Crippen molar-refractivity contribution in [1.82, 2.24) is 9.55 Å². The summed E-state index contributed by atoms with van der Waals surface area (Å²) in [7, 11) is 0. The molecule has 0 saturated heterocycles. The van der Waals surface area contributed by atoms with Crippen molar-refractivity contribution in [3.8, 4) is 0 Å². The van der Waals surface area contributed by atoms with Crippen molar-refractivity contribution in [3.05, 3.63) is 29.7 Å². The lowest BCUT2D eigenvalue weighted by molar-refractivity contribution is 0.0690. The molecule has 2 rings (SSSR count). The molecule has 0 aromatic carbocycles. The second-order valence-corrected chi connectivity index (χ2v) is 3.87. The molecule has 2 aromatic rings. The standard InChI is InChI=1S/C12H14N2O2/c1-3-4-14-8(2)5-9-6-10(12(15)16)13-7-11(9)14/h5-7H,3-4H2,1-2H3,(H,15,16). The van der Waals surface area contributed by atoms with Crippen molar-refractivity contribution in [2.45, 2.75) is 26.8 Å². The summed E-state index contributed by atoms with van der Waals surface area (Å²) in [6.45, 7) is 5.07. The minimum absolute atomic E-state index is 0.0983. The van der Waals surface area contributed by atoms with Gasteiger partial charge in [0.2, 0.25) is 0 Å². The van der Waals surface area contributed by atoms with E-state index in [2.05, 4.69) is 16.5 Å². The number of carbonyl (C=O) groups is 1. The maximum absolute atomic E-state index is 10.8. The van der Waals surface area contributed by atoms with Crippen LogP contribution in [0.5, 0.6) is 0 Å². The summed E-state index contributed by atoms with van der Waals surface area (Å²) in [4.78, 5) is 14.7. The smallest absolute Gasteiger partial charge is 0.354 e. The third kappa shape index (κ3) is 1.66. The van der Waals surface area contributed by atoms with Crippen molar-refractivity contribution >= 4 is 16.9 Å². The van der Waals surface area contributed by atoms with Gasteiger partial charge in [0.25, 0.3) is 0 Å². The highest BCUT2D eigenvalue weighted by molar-refractivity contribution is 5.91. The second-order valence-electron chi connectivity index (χ2n) is 3.87.